The number of nitrogen functional groups attached to an aromatic ring is 1. The van der Waals surface area contributed by atoms with Crippen LogP contribution in [-0.4, -0.2) is 24.6 Å². The summed E-state index contributed by atoms with van der Waals surface area (Å²) in [7, 11) is 0. The molecule has 3 aromatic rings. The molecule has 0 spiro atoms. The summed E-state index contributed by atoms with van der Waals surface area (Å²) in [5, 5.41) is 4.41. The molecule has 0 aromatic carbocycles. The van der Waals surface area contributed by atoms with E-state index < -0.39 is 0 Å². The Morgan fingerprint density at radius 3 is 3.00 bits per heavy atom. The first-order valence-electron chi connectivity index (χ1n) is 8.19. The Morgan fingerprint density at radius 2 is 2.22 bits per heavy atom. The van der Waals surface area contributed by atoms with Crippen LogP contribution in [0.4, 0.5) is 5.82 Å². The first-order valence-corrected chi connectivity index (χ1v) is 8.19. The van der Waals surface area contributed by atoms with Crippen molar-refractivity contribution < 1.29 is 0 Å². The highest BCUT2D eigenvalue weighted by molar-refractivity contribution is 5.84. The molecule has 23 heavy (non-hydrogen) atoms. The summed E-state index contributed by atoms with van der Waals surface area (Å²) in [6, 6.07) is 2.19. The zero-order chi connectivity index (χ0) is 15.4. The van der Waals surface area contributed by atoms with Crippen molar-refractivity contribution in [2.45, 2.75) is 38.0 Å². The molecule has 0 radical (unpaired) electrons. The van der Waals surface area contributed by atoms with Crippen molar-refractivity contribution in [1.82, 2.24) is 24.6 Å². The van der Waals surface area contributed by atoms with Gasteiger partial charge < -0.3 is 10.7 Å². The predicted molar refractivity (Wildman–Crippen MR) is 88.9 cm³/mol. The fraction of sp³-hybridized carbons (Fsp3) is 0.353. The molecule has 0 saturated heterocycles. The van der Waals surface area contributed by atoms with Crippen molar-refractivity contribution in [3.63, 3.8) is 0 Å². The second-order valence-corrected chi connectivity index (χ2v) is 6.42. The lowest BCUT2D eigenvalue weighted by Crippen LogP contribution is -2.14. The second kappa shape index (κ2) is 4.68. The second-order valence-electron chi connectivity index (χ2n) is 6.42. The van der Waals surface area contributed by atoms with Crippen LogP contribution in [-0.2, 0) is 6.42 Å². The average Bonchev–Trinajstić information content (AvgIpc) is 3.08. The summed E-state index contributed by atoms with van der Waals surface area (Å²) in [5.41, 5.74) is 11.4. The standard InChI is InChI=1S/C17H18N6/c18-16-15-14(13-8-11-4-1-2-7-12(11)21-13)22-17(10-5-3-6-10)23(15)20-9-19-16/h2,7-10,21H,1,3-6H2,(H2,18,19,20). The minimum atomic E-state index is 0.482. The van der Waals surface area contributed by atoms with Gasteiger partial charge in [-0.05, 0) is 43.4 Å². The van der Waals surface area contributed by atoms with Crippen molar-refractivity contribution >= 4 is 17.4 Å². The third-order valence-corrected chi connectivity index (χ3v) is 5.01. The molecular formula is C17H18N6. The zero-order valence-corrected chi connectivity index (χ0v) is 12.8. The molecule has 6 nitrogen and oxygen atoms in total. The number of nitrogens with two attached hydrogens (primary N) is 1. The third kappa shape index (κ3) is 1.84. The highest BCUT2D eigenvalue weighted by Gasteiger charge is 2.28. The van der Waals surface area contributed by atoms with E-state index in [1.165, 1.54) is 36.8 Å². The number of aryl methyl sites for hydroxylation is 1. The normalized spacial score (nSPS) is 17.4. The van der Waals surface area contributed by atoms with Gasteiger partial charge in [-0.3, -0.25) is 0 Å². The number of aromatic nitrogens is 5. The summed E-state index contributed by atoms with van der Waals surface area (Å²) in [5.74, 6) is 1.98. The van der Waals surface area contributed by atoms with Crippen LogP contribution < -0.4 is 5.73 Å². The van der Waals surface area contributed by atoms with Gasteiger partial charge >= 0.3 is 0 Å². The lowest BCUT2D eigenvalue weighted by molar-refractivity contribution is 0.396. The summed E-state index contributed by atoms with van der Waals surface area (Å²) >= 11 is 0. The molecule has 2 aliphatic carbocycles. The molecule has 0 amide bonds. The third-order valence-electron chi connectivity index (χ3n) is 5.01. The molecule has 0 aliphatic heterocycles. The number of imidazole rings is 1. The van der Waals surface area contributed by atoms with Gasteiger partial charge in [0, 0.05) is 11.6 Å². The van der Waals surface area contributed by atoms with Crippen LogP contribution >= 0.6 is 0 Å². The molecule has 0 atom stereocenters. The van der Waals surface area contributed by atoms with Gasteiger partial charge in [-0.25, -0.2) is 14.5 Å². The molecule has 6 heteroatoms. The van der Waals surface area contributed by atoms with E-state index in [2.05, 4.69) is 33.3 Å². The first-order chi connectivity index (χ1) is 11.3. The molecule has 3 aromatic heterocycles. The smallest absolute Gasteiger partial charge is 0.153 e. The summed E-state index contributed by atoms with van der Waals surface area (Å²) in [4.78, 5) is 12.6. The molecule has 3 N–H and O–H groups in total. The fourth-order valence-electron chi connectivity index (χ4n) is 3.53. The van der Waals surface area contributed by atoms with Crippen LogP contribution in [0.2, 0.25) is 0 Å². The molecular weight excluding hydrogens is 288 g/mol. The summed E-state index contributed by atoms with van der Waals surface area (Å²) in [6.07, 6.45) is 11.6. The topological polar surface area (TPSA) is 84.9 Å². The molecule has 116 valence electrons. The summed E-state index contributed by atoms with van der Waals surface area (Å²) in [6.45, 7) is 0. The van der Waals surface area contributed by atoms with E-state index in [1.807, 2.05) is 4.52 Å². The number of hydrogen-bond donors (Lipinski definition) is 2. The van der Waals surface area contributed by atoms with Gasteiger partial charge in [-0.1, -0.05) is 12.5 Å². The molecule has 2 aliphatic rings. The van der Waals surface area contributed by atoms with Crippen molar-refractivity contribution in [2.75, 3.05) is 5.73 Å². The van der Waals surface area contributed by atoms with Crippen LogP contribution in [0.5, 0.6) is 0 Å². The highest BCUT2D eigenvalue weighted by atomic mass is 15.3. The van der Waals surface area contributed by atoms with Crippen molar-refractivity contribution in [2.24, 2.45) is 0 Å². The minimum Gasteiger partial charge on any atom is -0.382 e. The SMILES string of the molecule is Nc1ncnn2c(C3CCC3)nc(-c3cc4c([nH]3)C=CCC4)c12. The number of nitrogens with one attached hydrogen (secondary N) is 1. The zero-order valence-electron chi connectivity index (χ0n) is 12.8. The molecule has 1 saturated carbocycles. The Kier molecular flexibility index (Phi) is 2.62. The van der Waals surface area contributed by atoms with Crippen LogP contribution in [0.3, 0.4) is 0 Å². The number of anilines is 1. The monoisotopic (exact) mass is 306 g/mol. The van der Waals surface area contributed by atoms with E-state index >= 15 is 0 Å². The van der Waals surface area contributed by atoms with E-state index in [9.17, 15) is 0 Å². The molecule has 3 heterocycles. The Labute approximate surface area is 133 Å². The first kappa shape index (κ1) is 12.9. The minimum absolute atomic E-state index is 0.482. The van der Waals surface area contributed by atoms with Crippen molar-refractivity contribution in [3.05, 3.63) is 35.6 Å². The van der Waals surface area contributed by atoms with E-state index in [-0.39, 0.29) is 0 Å². The molecule has 0 unspecified atom stereocenters. The van der Waals surface area contributed by atoms with Gasteiger partial charge in [-0.15, -0.1) is 0 Å². The van der Waals surface area contributed by atoms with Gasteiger partial charge in [-0.2, -0.15) is 5.10 Å². The Hall–Kier alpha value is -2.63. The number of H-pyrrole nitrogens is 1. The number of hydrogen-bond acceptors (Lipinski definition) is 4. The van der Waals surface area contributed by atoms with Gasteiger partial charge in [0.15, 0.2) is 5.82 Å². The van der Waals surface area contributed by atoms with Gasteiger partial charge in [0.25, 0.3) is 0 Å². The molecule has 0 bridgehead atoms. The highest BCUT2D eigenvalue weighted by Crippen LogP contribution is 2.39. The number of nitrogens with zero attached hydrogens (tertiary/aromatic N) is 4. The maximum atomic E-state index is 6.15. The van der Waals surface area contributed by atoms with Crippen molar-refractivity contribution in [1.29, 1.82) is 0 Å². The van der Waals surface area contributed by atoms with E-state index in [0.717, 1.165) is 35.6 Å². The van der Waals surface area contributed by atoms with Gasteiger partial charge in [0.2, 0.25) is 0 Å². The quantitative estimate of drug-likeness (QED) is 0.762. The van der Waals surface area contributed by atoms with Crippen LogP contribution in [0.15, 0.2) is 18.5 Å². The number of aromatic amines is 1. The van der Waals surface area contributed by atoms with Crippen LogP contribution in [0, 0.1) is 0 Å². The van der Waals surface area contributed by atoms with Crippen LogP contribution in [0.1, 0.15) is 48.7 Å². The predicted octanol–water partition coefficient (Wildman–Crippen LogP) is 2.93. The van der Waals surface area contributed by atoms with Crippen molar-refractivity contribution in [3.8, 4) is 11.4 Å². The molecule has 5 rings (SSSR count). The number of rotatable bonds is 2. The molecule has 1 fully saturated rings. The lowest BCUT2D eigenvalue weighted by atomic mass is 9.85. The average molecular weight is 306 g/mol. The maximum Gasteiger partial charge on any atom is 0.153 e. The number of allylic oxidation sites excluding steroid dienone is 1. The van der Waals surface area contributed by atoms with E-state index in [0.29, 0.717) is 11.7 Å². The summed E-state index contributed by atoms with van der Waals surface area (Å²) < 4.78 is 1.89. The maximum absolute atomic E-state index is 6.15. The lowest BCUT2D eigenvalue weighted by Gasteiger charge is -2.23. The number of fused-ring (bicyclic) bond motifs is 2. The van der Waals surface area contributed by atoms with E-state index in [4.69, 9.17) is 10.7 Å². The Balaban J connectivity index is 1.74. The Morgan fingerprint density at radius 1 is 1.30 bits per heavy atom. The fourth-order valence-corrected chi connectivity index (χ4v) is 3.53. The van der Waals surface area contributed by atoms with Gasteiger partial charge in [0.1, 0.15) is 23.4 Å². The Bertz CT molecular complexity index is 928. The van der Waals surface area contributed by atoms with E-state index in [1.54, 1.807) is 0 Å². The van der Waals surface area contributed by atoms with Crippen LogP contribution in [0.25, 0.3) is 23.0 Å². The van der Waals surface area contributed by atoms with Gasteiger partial charge in [0.05, 0.1) is 5.69 Å². The largest absolute Gasteiger partial charge is 0.382 e.